The summed E-state index contributed by atoms with van der Waals surface area (Å²) < 4.78 is 7.37. The number of hydrogen-bond acceptors (Lipinski definition) is 3. The van der Waals surface area contributed by atoms with Gasteiger partial charge < -0.3 is 10.1 Å². The minimum atomic E-state index is 0.292. The smallest absolute Gasteiger partial charge is 0.115 e. The first-order valence-corrected chi connectivity index (χ1v) is 5.45. The standard InChI is InChI=1S/C11H17N3O/c1-2-14-9-10(7-13-14)12-8-11-5-3-4-6-15-11/h4,6-7,9,11-12H,2-3,5,8H2,1H3. The average Bonchev–Trinajstić information content (AvgIpc) is 2.76. The maximum absolute atomic E-state index is 5.46. The lowest BCUT2D eigenvalue weighted by molar-refractivity contribution is 0.135. The molecular formula is C11H17N3O. The molecule has 0 aliphatic carbocycles. The topological polar surface area (TPSA) is 39.1 Å². The fraction of sp³-hybridized carbons (Fsp3) is 0.545. The van der Waals surface area contributed by atoms with Crippen LogP contribution in [0.4, 0.5) is 5.69 Å². The van der Waals surface area contributed by atoms with E-state index in [1.54, 1.807) is 6.26 Å². The summed E-state index contributed by atoms with van der Waals surface area (Å²) in [4.78, 5) is 0. The van der Waals surface area contributed by atoms with Crippen molar-refractivity contribution in [1.82, 2.24) is 9.78 Å². The molecule has 82 valence electrons. The molecule has 1 atom stereocenters. The van der Waals surface area contributed by atoms with Crippen LogP contribution in [0.1, 0.15) is 19.8 Å². The van der Waals surface area contributed by atoms with Crippen LogP contribution >= 0.6 is 0 Å². The first-order chi connectivity index (χ1) is 7.38. The molecule has 0 radical (unpaired) electrons. The molecule has 1 unspecified atom stereocenters. The molecule has 4 heteroatoms. The molecule has 0 fully saturated rings. The molecule has 2 rings (SSSR count). The number of aryl methyl sites for hydroxylation is 1. The molecule has 1 aliphatic heterocycles. The predicted octanol–water partition coefficient (Wildman–Crippen LogP) is 2.01. The average molecular weight is 207 g/mol. The van der Waals surface area contributed by atoms with E-state index in [0.29, 0.717) is 6.10 Å². The van der Waals surface area contributed by atoms with Crippen LogP contribution in [0.2, 0.25) is 0 Å². The Bertz CT molecular complexity index is 332. The second-order valence-electron chi connectivity index (χ2n) is 3.67. The number of anilines is 1. The lowest BCUT2D eigenvalue weighted by Crippen LogP contribution is -2.22. The zero-order chi connectivity index (χ0) is 10.5. The molecule has 0 amide bonds. The Morgan fingerprint density at radius 1 is 1.67 bits per heavy atom. The Morgan fingerprint density at radius 3 is 3.27 bits per heavy atom. The predicted molar refractivity (Wildman–Crippen MR) is 59.6 cm³/mol. The fourth-order valence-electron chi connectivity index (χ4n) is 1.59. The van der Waals surface area contributed by atoms with Gasteiger partial charge in [0.25, 0.3) is 0 Å². The van der Waals surface area contributed by atoms with Gasteiger partial charge in [-0.15, -0.1) is 0 Å². The molecule has 1 N–H and O–H groups in total. The van der Waals surface area contributed by atoms with Gasteiger partial charge in [-0.3, -0.25) is 4.68 Å². The zero-order valence-electron chi connectivity index (χ0n) is 9.02. The maximum Gasteiger partial charge on any atom is 0.115 e. The van der Waals surface area contributed by atoms with Crippen LogP contribution in [0.15, 0.2) is 24.7 Å². The van der Waals surface area contributed by atoms with E-state index in [4.69, 9.17) is 4.74 Å². The minimum absolute atomic E-state index is 0.292. The SMILES string of the molecule is CCn1cc(NCC2CCC=CO2)cn1. The van der Waals surface area contributed by atoms with E-state index in [2.05, 4.69) is 23.4 Å². The van der Waals surface area contributed by atoms with Gasteiger partial charge in [-0.1, -0.05) is 0 Å². The van der Waals surface area contributed by atoms with Crippen LogP contribution in [0.5, 0.6) is 0 Å². The van der Waals surface area contributed by atoms with Gasteiger partial charge in [0.15, 0.2) is 0 Å². The van der Waals surface area contributed by atoms with Crippen LogP contribution in [-0.2, 0) is 11.3 Å². The lowest BCUT2D eigenvalue weighted by Gasteiger charge is -2.19. The third kappa shape index (κ3) is 2.75. The summed E-state index contributed by atoms with van der Waals surface area (Å²) in [5.74, 6) is 0. The van der Waals surface area contributed by atoms with Crippen LogP contribution in [0.3, 0.4) is 0 Å². The normalized spacial score (nSPS) is 19.9. The molecule has 1 aliphatic rings. The lowest BCUT2D eigenvalue weighted by atomic mass is 10.1. The largest absolute Gasteiger partial charge is 0.497 e. The van der Waals surface area contributed by atoms with Crippen molar-refractivity contribution >= 4 is 5.69 Å². The number of ether oxygens (including phenoxy) is 1. The Balaban J connectivity index is 1.79. The number of aromatic nitrogens is 2. The van der Waals surface area contributed by atoms with Crippen molar-refractivity contribution in [2.24, 2.45) is 0 Å². The quantitative estimate of drug-likeness (QED) is 0.820. The molecule has 0 saturated carbocycles. The summed E-state index contributed by atoms with van der Waals surface area (Å²) in [6.07, 6.45) is 10.2. The second-order valence-corrected chi connectivity index (χ2v) is 3.67. The van der Waals surface area contributed by atoms with E-state index < -0.39 is 0 Å². The third-order valence-electron chi connectivity index (χ3n) is 2.51. The molecule has 0 saturated heterocycles. The molecule has 2 heterocycles. The van der Waals surface area contributed by atoms with Crippen molar-refractivity contribution in [3.63, 3.8) is 0 Å². The summed E-state index contributed by atoms with van der Waals surface area (Å²) in [5, 5.41) is 7.52. The fourth-order valence-corrected chi connectivity index (χ4v) is 1.59. The van der Waals surface area contributed by atoms with E-state index in [1.807, 2.05) is 17.1 Å². The van der Waals surface area contributed by atoms with Crippen molar-refractivity contribution in [2.75, 3.05) is 11.9 Å². The van der Waals surface area contributed by atoms with Gasteiger partial charge >= 0.3 is 0 Å². The molecule has 1 aromatic heterocycles. The number of nitrogens with zero attached hydrogens (tertiary/aromatic N) is 2. The minimum Gasteiger partial charge on any atom is -0.497 e. The summed E-state index contributed by atoms with van der Waals surface area (Å²) in [6, 6.07) is 0. The summed E-state index contributed by atoms with van der Waals surface area (Å²) >= 11 is 0. The van der Waals surface area contributed by atoms with Crippen LogP contribution in [0.25, 0.3) is 0 Å². The number of nitrogens with one attached hydrogen (secondary N) is 1. The van der Waals surface area contributed by atoms with E-state index in [-0.39, 0.29) is 0 Å². The number of rotatable bonds is 4. The number of allylic oxidation sites excluding steroid dienone is 1. The highest BCUT2D eigenvalue weighted by Crippen LogP contribution is 2.12. The molecule has 0 bridgehead atoms. The highest BCUT2D eigenvalue weighted by molar-refractivity contribution is 5.38. The first-order valence-electron chi connectivity index (χ1n) is 5.45. The van der Waals surface area contributed by atoms with Gasteiger partial charge in [-0.2, -0.15) is 5.10 Å². The highest BCUT2D eigenvalue weighted by atomic mass is 16.5. The molecule has 1 aromatic rings. The monoisotopic (exact) mass is 207 g/mol. The van der Waals surface area contributed by atoms with E-state index in [0.717, 1.165) is 31.6 Å². The van der Waals surface area contributed by atoms with Crippen molar-refractivity contribution in [3.8, 4) is 0 Å². The Labute approximate surface area is 89.9 Å². The van der Waals surface area contributed by atoms with Crippen LogP contribution in [-0.4, -0.2) is 22.4 Å². The van der Waals surface area contributed by atoms with Gasteiger partial charge in [0.1, 0.15) is 6.10 Å². The van der Waals surface area contributed by atoms with Crippen molar-refractivity contribution in [1.29, 1.82) is 0 Å². The first kappa shape index (κ1) is 10.1. The van der Waals surface area contributed by atoms with Gasteiger partial charge in [0, 0.05) is 12.7 Å². The molecule has 0 spiro atoms. The number of hydrogen-bond donors (Lipinski definition) is 1. The molecule has 4 nitrogen and oxygen atoms in total. The van der Waals surface area contributed by atoms with E-state index in [1.165, 1.54) is 0 Å². The van der Waals surface area contributed by atoms with E-state index in [9.17, 15) is 0 Å². The van der Waals surface area contributed by atoms with Gasteiger partial charge in [0.05, 0.1) is 24.7 Å². The summed E-state index contributed by atoms with van der Waals surface area (Å²) in [6.45, 7) is 3.83. The molecule has 0 aromatic carbocycles. The third-order valence-corrected chi connectivity index (χ3v) is 2.51. The summed E-state index contributed by atoms with van der Waals surface area (Å²) in [5.41, 5.74) is 1.06. The van der Waals surface area contributed by atoms with Gasteiger partial charge in [0.2, 0.25) is 0 Å². The molecule has 15 heavy (non-hydrogen) atoms. The summed E-state index contributed by atoms with van der Waals surface area (Å²) in [7, 11) is 0. The Hall–Kier alpha value is -1.45. The Morgan fingerprint density at radius 2 is 2.60 bits per heavy atom. The van der Waals surface area contributed by atoms with Crippen LogP contribution < -0.4 is 5.32 Å². The highest BCUT2D eigenvalue weighted by Gasteiger charge is 2.10. The Kier molecular flexibility index (Phi) is 3.27. The van der Waals surface area contributed by atoms with E-state index >= 15 is 0 Å². The van der Waals surface area contributed by atoms with Crippen molar-refractivity contribution < 1.29 is 4.74 Å². The van der Waals surface area contributed by atoms with Crippen molar-refractivity contribution in [3.05, 3.63) is 24.7 Å². The maximum atomic E-state index is 5.46. The van der Waals surface area contributed by atoms with Gasteiger partial charge in [-0.05, 0) is 25.8 Å². The van der Waals surface area contributed by atoms with Crippen molar-refractivity contribution in [2.45, 2.75) is 32.4 Å². The zero-order valence-corrected chi connectivity index (χ0v) is 9.02. The van der Waals surface area contributed by atoms with Crippen LogP contribution in [0, 0.1) is 0 Å². The van der Waals surface area contributed by atoms with Gasteiger partial charge in [-0.25, -0.2) is 0 Å². The molecular weight excluding hydrogens is 190 g/mol. The second kappa shape index (κ2) is 4.87.